The van der Waals surface area contributed by atoms with E-state index >= 15 is 0 Å². The van der Waals surface area contributed by atoms with Crippen LogP contribution >= 0.6 is 0 Å². The topological polar surface area (TPSA) is 0 Å². The van der Waals surface area contributed by atoms with Crippen molar-refractivity contribution in [1.82, 2.24) is 0 Å². The molecule has 25 heavy (non-hydrogen) atoms. The minimum Gasteiger partial charge on any atom is -0.103 e. The highest BCUT2D eigenvalue weighted by molar-refractivity contribution is 4.99. The largest absolute Gasteiger partial charge is 0.103 e. The average Bonchev–Trinajstić information content (AvgIpc) is 2.59. The molecule has 0 aliphatic heterocycles. The summed E-state index contributed by atoms with van der Waals surface area (Å²) in [7, 11) is 0. The van der Waals surface area contributed by atoms with E-state index in [0.717, 1.165) is 37.5 Å². The molecule has 2 atom stereocenters. The van der Waals surface area contributed by atoms with Gasteiger partial charge in [0.2, 0.25) is 0 Å². The summed E-state index contributed by atoms with van der Waals surface area (Å²) in [5.74, 6) is 8.41. The van der Waals surface area contributed by atoms with Crippen molar-refractivity contribution in [3.8, 4) is 11.8 Å². The minimum atomic E-state index is 0.765. The molecule has 0 bridgehead atoms. The Labute approximate surface area is 160 Å². The minimum absolute atomic E-state index is 0.765. The Kier molecular flexibility index (Phi) is 19.5. The summed E-state index contributed by atoms with van der Waals surface area (Å²) < 4.78 is 0. The van der Waals surface area contributed by atoms with E-state index in [1.165, 1.54) is 83.5 Å². The Hall–Kier alpha value is -0.440. The molecule has 0 rings (SSSR count). The summed E-state index contributed by atoms with van der Waals surface area (Å²) in [5.41, 5.74) is 0. The molecule has 0 aliphatic rings. The second-order valence-electron chi connectivity index (χ2n) is 8.13. The van der Waals surface area contributed by atoms with Gasteiger partial charge in [0.1, 0.15) is 0 Å². The third-order valence-electron chi connectivity index (χ3n) is 5.22. The lowest BCUT2D eigenvalue weighted by Gasteiger charge is -2.09. The highest BCUT2D eigenvalue weighted by atomic mass is 14.1. The van der Waals surface area contributed by atoms with Gasteiger partial charge in [-0.25, -0.2) is 0 Å². The van der Waals surface area contributed by atoms with Gasteiger partial charge in [0.25, 0.3) is 0 Å². The van der Waals surface area contributed by atoms with Crippen LogP contribution in [0.3, 0.4) is 0 Å². The van der Waals surface area contributed by atoms with E-state index < -0.39 is 0 Å². The fraction of sp³-hybridized carbons (Fsp3) is 0.840. The Morgan fingerprint density at radius 1 is 0.560 bits per heavy atom. The van der Waals surface area contributed by atoms with Gasteiger partial charge in [0.15, 0.2) is 0 Å². The van der Waals surface area contributed by atoms with Crippen molar-refractivity contribution in [1.29, 1.82) is 0 Å². The Morgan fingerprint density at radius 2 is 1.12 bits per heavy atom. The van der Waals surface area contributed by atoms with Crippen molar-refractivity contribution in [2.75, 3.05) is 0 Å². The monoisotopic (exact) mass is 346 g/mol. The van der Waals surface area contributed by atoms with Gasteiger partial charge in [-0.1, -0.05) is 111 Å². The van der Waals surface area contributed by atoms with Crippen LogP contribution < -0.4 is 0 Å². The van der Waals surface area contributed by atoms with Gasteiger partial charge in [-0.15, -0.1) is 11.8 Å². The maximum Gasteiger partial charge on any atom is 0.0114 e. The number of rotatable bonds is 17. The van der Waals surface area contributed by atoms with Gasteiger partial charge in [-0.05, 0) is 24.7 Å². The standard InChI is InChI=1S/C25H46/c1-5-7-17-21-25(4)23-19-16-14-12-10-8-9-11-13-15-18-22-24(3)20-6-2/h24-25H,1-2,5-15,17-18,20-23H2,3-4H3. The van der Waals surface area contributed by atoms with Gasteiger partial charge in [-0.3, -0.25) is 0 Å². The molecule has 0 saturated heterocycles. The molecule has 0 aromatic heterocycles. The van der Waals surface area contributed by atoms with Gasteiger partial charge < -0.3 is 0 Å². The van der Waals surface area contributed by atoms with Crippen LogP contribution in [0.15, 0.2) is 0 Å². The van der Waals surface area contributed by atoms with Gasteiger partial charge >= 0.3 is 0 Å². The van der Waals surface area contributed by atoms with E-state index in [4.69, 9.17) is 0 Å². The molecular weight excluding hydrogens is 300 g/mol. The molecule has 0 aliphatic carbocycles. The average molecular weight is 347 g/mol. The number of hydrogen-bond donors (Lipinski definition) is 0. The molecule has 0 heteroatoms. The van der Waals surface area contributed by atoms with E-state index in [0.29, 0.717) is 0 Å². The van der Waals surface area contributed by atoms with Crippen LogP contribution in [0.4, 0.5) is 0 Å². The third kappa shape index (κ3) is 19.7. The Bertz CT molecular complexity index is 306. The molecule has 0 aromatic rings. The normalized spacial score (nSPS) is 13.3. The molecule has 146 valence electrons. The van der Waals surface area contributed by atoms with Crippen molar-refractivity contribution in [2.24, 2.45) is 11.8 Å². The van der Waals surface area contributed by atoms with E-state index in [1.807, 2.05) is 0 Å². The first kappa shape index (κ1) is 24.6. The zero-order valence-electron chi connectivity index (χ0n) is 17.6. The molecule has 0 spiro atoms. The van der Waals surface area contributed by atoms with Crippen LogP contribution in [-0.4, -0.2) is 0 Å². The van der Waals surface area contributed by atoms with Gasteiger partial charge in [0, 0.05) is 12.8 Å². The smallest absolute Gasteiger partial charge is 0.0114 e. The predicted octanol–water partition coefficient (Wildman–Crippen LogP) is 8.56. The van der Waals surface area contributed by atoms with Crippen molar-refractivity contribution < 1.29 is 0 Å². The lowest BCUT2D eigenvalue weighted by molar-refractivity contribution is 0.457. The van der Waals surface area contributed by atoms with Crippen LogP contribution in [-0.2, 0) is 0 Å². The maximum atomic E-state index is 3.95. The second-order valence-corrected chi connectivity index (χ2v) is 8.13. The maximum absolute atomic E-state index is 3.95. The summed E-state index contributed by atoms with van der Waals surface area (Å²) in [6, 6.07) is 0. The third-order valence-corrected chi connectivity index (χ3v) is 5.22. The molecule has 2 radical (unpaired) electrons. The predicted molar refractivity (Wildman–Crippen MR) is 115 cm³/mol. The van der Waals surface area contributed by atoms with Crippen molar-refractivity contribution in [3.63, 3.8) is 0 Å². The van der Waals surface area contributed by atoms with E-state index in [-0.39, 0.29) is 0 Å². The van der Waals surface area contributed by atoms with Crippen LogP contribution in [0.2, 0.25) is 0 Å². The zero-order valence-corrected chi connectivity index (χ0v) is 17.6. The van der Waals surface area contributed by atoms with Gasteiger partial charge in [0.05, 0.1) is 0 Å². The molecule has 0 heterocycles. The first-order valence-corrected chi connectivity index (χ1v) is 11.2. The Morgan fingerprint density at radius 3 is 1.76 bits per heavy atom. The lowest BCUT2D eigenvalue weighted by Crippen LogP contribution is -1.93. The van der Waals surface area contributed by atoms with Crippen molar-refractivity contribution >= 4 is 0 Å². The fourth-order valence-corrected chi connectivity index (χ4v) is 3.37. The fourth-order valence-electron chi connectivity index (χ4n) is 3.37. The molecule has 0 saturated carbocycles. The van der Waals surface area contributed by atoms with Gasteiger partial charge in [-0.2, -0.15) is 0 Å². The molecule has 0 fully saturated rings. The molecule has 0 aromatic carbocycles. The van der Waals surface area contributed by atoms with E-state index in [9.17, 15) is 0 Å². The molecule has 2 unspecified atom stereocenters. The summed E-state index contributed by atoms with van der Waals surface area (Å²) >= 11 is 0. The second kappa shape index (κ2) is 19.9. The van der Waals surface area contributed by atoms with Crippen LogP contribution in [0, 0.1) is 37.5 Å². The first-order valence-electron chi connectivity index (χ1n) is 11.2. The Balaban J connectivity index is 3.25. The molecule has 0 amide bonds. The SMILES string of the molecule is [CH2]CCCCC(C)CC#CCCCCCCCCCCC(C)CC[CH2]. The highest BCUT2D eigenvalue weighted by Crippen LogP contribution is 2.16. The summed E-state index contributed by atoms with van der Waals surface area (Å²) in [5, 5.41) is 0. The summed E-state index contributed by atoms with van der Waals surface area (Å²) in [6.45, 7) is 12.6. The molecule has 0 N–H and O–H groups in total. The highest BCUT2D eigenvalue weighted by Gasteiger charge is 2.00. The van der Waals surface area contributed by atoms with Crippen LogP contribution in [0.25, 0.3) is 0 Å². The van der Waals surface area contributed by atoms with Crippen molar-refractivity contribution in [2.45, 2.75) is 123 Å². The zero-order chi connectivity index (χ0) is 18.6. The molecular formula is C25H46. The van der Waals surface area contributed by atoms with Crippen molar-refractivity contribution in [3.05, 3.63) is 13.8 Å². The van der Waals surface area contributed by atoms with Crippen LogP contribution in [0.5, 0.6) is 0 Å². The number of unbranched alkanes of at least 4 members (excludes halogenated alkanes) is 10. The first-order chi connectivity index (χ1) is 12.2. The number of hydrogen-bond acceptors (Lipinski definition) is 0. The van der Waals surface area contributed by atoms with E-state index in [1.54, 1.807) is 0 Å². The van der Waals surface area contributed by atoms with E-state index in [2.05, 4.69) is 39.5 Å². The molecule has 0 nitrogen and oxygen atoms in total. The quantitative estimate of drug-likeness (QED) is 0.183. The van der Waals surface area contributed by atoms with Crippen LogP contribution in [0.1, 0.15) is 123 Å². The summed E-state index contributed by atoms with van der Waals surface area (Å²) in [6.07, 6.45) is 22.2. The summed E-state index contributed by atoms with van der Waals surface area (Å²) in [4.78, 5) is 0. The lowest BCUT2D eigenvalue weighted by atomic mass is 9.98.